The van der Waals surface area contributed by atoms with E-state index in [1.165, 1.54) is 0 Å². The maximum Gasteiger partial charge on any atom is 0.331 e. The van der Waals surface area contributed by atoms with Gasteiger partial charge in [0.1, 0.15) is 5.60 Å². The fraction of sp³-hybridized carbons (Fsp3) is 0.800. The summed E-state index contributed by atoms with van der Waals surface area (Å²) in [6.07, 6.45) is 1.11. The van der Waals surface area contributed by atoms with E-state index in [1.54, 1.807) is 20.8 Å². The van der Waals surface area contributed by atoms with Gasteiger partial charge in [0.25, 0.3) is 0 Å². The molecule has 0 rings (SSSR count). The third kappa shape index (κ3) is 8.50. The van der Waals surface area contributed by atoms with Gasteiger partial charge < -0.3 is 15.6 Å². The van der Waals surface area contributed by atoms with Crippen LogP contribution in [0.3, 0.4) is 0 Å². The van der Waals surface area contributed by atoms with Crippen LogP contribution in [0.4, 0.5) is 0 Å². The maximum absolute atomic E-state index is 12.2. The summed E-state index contributed by atoms with van der Waals surface area (Å²) in [4.78, 5) is 37.8. The van der Waals surface area contributed by atoms with Crippen molar-refractivity contribution < 1.29 is 24.2 Å². The van der Waals surface area contributed by atoms with Crippen LogP contribution in [0.5, 0.6) is 0 Å². The van der Waals surface area contributed by atoms with E-state index in [0.29, 0.717) is 25.8 Å². The topological polar surface area (TPSA) is 155 Å². The van der Waals surface area contributed by atoms with Crippen molar-refractivity contribution in [2.75, 3.05) is 6.54 Å². The number of carbonyl (C=O) groups excluding carboxylic acids is 2. The summed E-state index contributed by atoms with van der Waals surface area (Å²) in [6.45, 7) is 5.41. The van der Waals surface area contributed by atoms with Crippen LogP contribution in [0.25, 0.3) is 10.4 Å². The third-order valence-electron chi connectivity index (χ3n) is 3.25. The predicted octanol–water partition coefficient (Wildman–Crippen LogP) is 2.33. The van der Waals surface area contributed by atoms with Crippen LogP contribution in [-0.4, -0.2) is 40.5 Å². The Balaban J connectivity index is 4.52. The number of carbonyl (C=O) groups is 3. The summed E-state index contributed by atoms with van der Waals surface area (Å²) >= 11 is 0. The number of aliphatic carboxylic acids is 1. The predicted molar refractivity (Wildman–Crippen MR) is 87.1 cm³/mol. The number of hydrogen-bond acceptors (Lipinski definition) is 6. The lowest BCUT2D eigenvalue weighted by molar-refractivity contribution is -0.156. The third-order valence-corrected chi connectivity index (χ3v) is 3.25. The summed E-state index contributed by atoms with van der Waals surface area (Å²) in [5.41, 5.74) is 11.1. The van der Waals surface area contributed by atoms with Crippen LogP contribution < -0.4 is 5.73 Å². The van der Waals surface area contributed by atoms with Gasteiger partial charge in [-0.1, -0.05) is 11.5 Å². The largest absolute Gasteiger partial charge is 0.480 e. The number of unbranched alkanes of at least 4 members (excludes halogenated alkanes) is 2. The summed E-state index contributed by atoms with van der Waals surface area (Å²) in [5.74, 6) is -2.67. The van der Waals surface area contributed by atoms with Gasteiger partial charge in [-0.2, -0.15) is 0 Å². The number of nitrogens with zero attached hydrogens (tertiary/aromatic N) is 3. The first-order valence-electron chi connectivity index (χ1n) is 7.81. The molecule has 3 N–H and O–H groups in total. The Hall–Kier alpha value is -2.12. The number of rotatable bonds is 11. The second-order valence-corrected chi connectivity index (χ2v) is 6.55. The number of ketones is 1. The minimum atomic E-state index is -2.10. The van der Waals surface area contributed by atoms with Crippen molar-refractivity contribution in [1.82, 2.24) is 0 Å². The molecule has 0 saturated carbocycles. The van der Waals surface area contributed by atoms with Crippen LogP contribution in [0.15, 0.2) is 5.11 Å². The van der Waals surface area contributed by atoms with E-state index in [1.807, 2.05) is 0 Å². The van der Waals surface area contributed by atoms with Crippen molar-refractivity contribution in [2.24, 2.45) is 10.8 Å². The van der Waals surface area contributed by atoms with Crippen molar-refractivity contribution in [2.45, 2.75) is 70.4 Å². The number of carboxylic acid groups (broad SMARTS) is 1. The van der Waals surface area contributed by atoms with Gasteiger partial charge in [0.05, 0.1) is 0 Å². The second-order valence-electron chi connectivity index (χ2n) is 6.55. The van der Waals surface area contributed by atoms with Crippen molar-refractivity contribution >= 4 is 17.7 Å². The standard InChI is InChI=1S/C15H26N4O5/c1-14(2,3)24-12(21)8-9-15(16,13(22)23)11(20)7-5-4-6-10-18-19-17/h4-10,16H2,1-3H3,(H,22,23). The smallest absolute Gasteiger partial charge is 0.331 e. The van der Waals surface area contributed by atoms with E-state index in [-0.39, 0.29) is 19.3 Å². The van der Waals surface area contributed by atoms with Gasteiger partial charge in [-0.3, -0.25) is 9.59 Å². The normalized spacial score (nSPS) is 13.5. The zero-order chi connectivity index (χ0) is 18.8. The molecule has 24 heavy (non-hydrogen) atoms. The average molecular weight is 342 g/mol. The zero-order valence-corrected chi connectivity index (χ0v) is 14.4. The van der Waals surface area contributed by atoms with E-state index in [4.69, 9.17) is 16.0 Å². The number of hydrogen-bond donors (Lipinski definition) is 2. The molecule has 1 atom stereocenters. The summed E-state index contributed by atoms with van der Waals surface area (Å²) in [5, 5.41) is 12.6. The van der Waals surface area contributed by atoms with E-state index in [2.05, 4.69) is 10.0 Å². The summed E-state index contributed by atoms with van der Waals surface area (Å²) < 4.78 is 5.09. The highest BCUT2D eigenvalue weighted by Crippen LogP contribution is 2.18. The molecule has 0 aliphatic rings. The Kier molecular flexibility index (Phi) is 9.02. The van der Waals surface area contributed by atoms with E-state index < -0.39 is 28.9 Å². The van der Waals surface area contributed by atoms with Crippen LogP contribution in [-0.2, 0) is 19.1 Å². The fourth-order valence-electron chi connectivity index (χ4n) is 1.97. The molecule has 0 heterocycles. The molecular weight excluding hydrogens is 316 g/mol. The molecule has 0 aliphatic heterocycles. The summed E-state index contributed by atoms with van der Waals surface area (Å²) in [6, 6.07) is 0. The molecule has 0 aromatic rings. The molecule has 0 radical (unpaired) electrons. The van der Waals surface area contributed by atoms with Crippen LogP contribution in [0.2, 0.25) is 0 Å². The monoisotopic (exact) mass is 342 g/mol. The zero-order valence-electron chi connectivity index (χ0n) is 14.4. The Labute approximate surface area is 141 Å². The number of ether oxygens (including phenoxy) is 1. The Morgan fingerprint density at radius 1 is 1.17 bits per heavy atom. The molecule has 0 aromatic heterocycles. The molecule has 0 amide bonds. The molecule has 1 unspecified atom stereocenters. The molecule has 0 aliphatic carbocycles. The lowest BCUT2D eigenvalue weighted by atomic mass is 9.87. The number of nitrogens with two attached hydrogens (primary N) is 1. The van der Waals surface area contributed by atoms with Crippen molar-refractivity contribution in [3.05, 3.63) is 10.4 Å². The van der Waals surface area contributed by atoms with Gasteiger partial charge >= 0.3 is 11.9 Å². The van der Waals surface area contributed by atoms with Crippen LogP contribution >= 0.6 is 0 Å². The van der Waals surface area contributed by atoms with Crippen molar-refractivity contribution in [3.8, 4) is 0 Å². The van der Waals surface area contributed by atoms with Gasteiger partial charge in [0.15, 0.2) is 11.3 Å². The molecule has 0 saturated heterocycles. The first-order chi connectivity index (χ1) is 11.0. The molecule has 0 spiro atoms. The summed E-state index contributed by atoms with van der Waals surface area (Å²) in [7, 11) is 0. The Bertz CT molecular complexity index is 508. The van der Waals surface area contributed by atoms with Gasteiger partial charge in [0.2, 0.25) is 0 Å². The number of carboxylic acids is 1. The molecule has 9 heteroatoms. The van der Waals surface area contributed by atoms with Gasteiger partial charge in [-0.25, -0.2) is 4.79 Å². The lowest BCUT2D eigenvalue weighted by Gasteiger charge is -2.24. The minimum Gasteiger partial charge on any atom is -0.480 e. The average Bonchev–Trinajstić information content (AvgIpc) is 2.46. The van der Waals surface area contributed by atoms with E-state index >= 15 is 0 Å². The molecular formula is C15H26N4O5. The van der Waals surface area contributed by atoms with Crippen molar-refractivity contribution in [3.63, 3.8) is 0 Å². The minimum absolute atomic E-state index is 0.00656. The Morgan fingerprint density at radius 2 is 1.79 bits per heavy atom. The fourth-order valence-corrected chi connectivity index (χ4v) is 1.97. The van der Waals surface area contributed by atoms with Gasteiger partial charge in [0, 0.05) is 24.3 Å². The highest BCUT2D eigenvalue weighted by Gasteiger charge is 2.41. The van der Waals surface area contributed by atoms with Crippen molar-refractivity contribution in [1.29, 1.82) is 0 Å². The highest BCUT2D eigenvalue weighted by atomic mass is 16.6. The molecule has 0 bridgehead atoms. The molecule has 0 aromatic carbocycles. The number of azide groups is 1. The number of Topliss-reactive ketones (excluding diaryl/α,β-unsaturated/α-hetero) is 1. The molecule has 9 nitrogen and oxygen atoms in total. The highest BCUT2D eigenvalue weighted by molar-refractivity contribution is 6.07. The second kappa shape index (κ2) is 9.89. The SMILES string of the molecule is CC(C)(C)OC(=O)CCC(N)(C(=O)O)C(=O)CCCCCN=[N+]=[N-]. The maximum atomic E-state index is 12.2. The molecule has 0 fully saturated rings. The first kappa shape index (κ1) is 21.9. The number of esters is 1. The van der Waals surface area contributed by atoms with Crippen LogP contribution in [0, 0.1) is 0 Å². The molecule has 136 valence electrons. The van der Waals surface area contributed by atoms with E-state index in [0.717, 1.165) is 0 Å². The lowest BCUT2D eigenvalue weighted by Crippen LogP contribution is -2.55. The van der Waals surface area contributed by atoms with Gasteiger partial charge in [-0.05, 0) is 45.6 Å². The quantitative estimate of drug-likeness (QED) is 0.146. The Morgan fingerprint density at radius 3 is 2.29 bits per heavy atom. The van der Waals surface area contributed by atoms with Crippen LogP contribution in [0.1, 0.15) is 59.3 Å². The van der Waals surface area contributed by atoms with E-state index in [9.17, 15) is 19.5 Å². The van der Waals surface area contributed by atoms with Gasteiger partial charge in [-0.15, -0.1) is 0 Å². The first-order valence-corrected chi connectivity index (χ1v) is 7.81.